The van der Waals surface area contributed by atoms with Crippen molar-refractivity contribution in [2.24, 2.45) is 0 Å². The maximum absolute atomic E-state index is 12.3. The molecular formula is C16H15Cl2N3O2. The first-order chi connectivity index (χ1) is 11.1. The lowest BCUT2D eigenvalue weighted by atomic mass is 10.2. The fourth-order valence-electron chi connectivity index (χ4n) is 2.29. The second kappa shape index (κ2) is 7.17. The van der Waals surface area contributed by atoms with Crippen molar-refractivity contribution in [3.63, 3.8) is 0 Å². The van der Waals surface area contributed by atoms with E-state index in [0.29, 0.717) is 53.4 Å². The minimum Gasteiger partial charge on any atom is -0.378 e. The third kappa shape index (κ3) is 3.75. The molecule has 0 spiro atoms. The van der Waals surface area contributed by atoms with Crippen molar-refractivity contribution < 1.29 is 9.53 Å². The molecule has 1 fully saturated rings. The van der Waals surface area contributed by atoms with Crippen LogP contribution in [0.3, 0.4) is 0 Å². The Kier molecular flexibility index (Phi) is 5.00. The number of carbonyl (C=O) groups excluding carboxylic acids is 1. The number of pyridine rings is 1. The van der Waals surface area contributed by atoms with Crippen molar-refractivity contribution in [2.75, 3.05) is 31.6 Å². The lowest BCUT2D eigenvalue weighted by molar-refractivity contribution is 0.0302. The molecule has 2 heterocycles. The highest BCUT2D eigenvalue weighted by Crippen LogP contribution is 2.31. The van der Waals surface area contributed by atoms with E-state index in [2.05, 4.69) is 10.3 Å². The number of aromatic nitrogens is 1. The molecule has 0 atom stereocenters. The van der Waals surface area contributed by atoms with Gasteiger partial charge in [0.15, 0.2) is 0 Å². The molecule has 1 aromatic carbocycles. The summed E-state index contributed by atoms with van der Waals surface area (Å²) < 4.78 is 5.25. The summed E-state index contributed by atoms with van der Waals surface area (Å²) in [6.45, 7) is 2.36. The molecule has 2 aromatic rings. The Bertz CT molecular complexity index is 681. The molecule has 1 aromatic heterocycles. The smallest absolute Gasteiger partial charge is 0.255 e. The third-order valence-electron chi connectivity index (χ3n) is 3.52. The molecule has 1 saturated heterocycles. The third-order valence-corrected chi connectivity index (χ3v) is 4.15. The van der Waals surface area contributed by atoms with Crippen molar-refractivity contribution >= 4 is 40.6 Å². The first-order valence-corrected chi connectivity index (χ1v) is 7.95. The highest BCUT2D eigenvalue weighted by molar-refractivity contribution is 6.39. The Morgan fingerprint density at radius 1 is 1.13 bits per heavy atom. The molecule has 7 heteroatoms. The van der Waals surface area contributed by atoms with Crippen molar-refractivity contribution in [2.45, 2.75) is 0 Å². The number of nitrogens with one attached hydrogen (secondary N) is 1. The van der Waals surface area contributed by atoms with Crippen LogP contribution in [0.25, 0.3) is 0 Å². The van der Waals surface area contributed by atoms with Gasteiger partial charge in [0.05, 0.1) is 34.5 Å². The first kappa shape index (κ1) is 16.1. The number of halogens is 2. The van der Waals surface area contributed by atoms with E-state index in [-0.39, 0.29) is 5.91 Å². The number of anilines is 2. The molecule has 1 aliphatic heterocycles. The van der Waals surface area contributed by atoms with Crippen LogP contribution in [0.15, 0.2) is 36.5 Å². The van der Waals surface area contributed by atoms with Crippen LogP contribution in [0, 0.1) is 0 Å². The normalized spacial score (nSPS) is 14.6. The van der Waals surface area contributed by atoms with E-state index in [1.54, 1.807) is 41.4 Å². The van der Waals surface area contributed by atoms with E-state index in [4.69, 9.17) is 27.9 Å². The van der Waals surface area contributed by atoms with Crippen LogP contribution in [0.4, 0.5) is 11.5 Å². The molecule has 0 saturated carbocycles. The second-order valence-electron chi connectivity index (χ2n) is 5.06. The van der Waals surface area contributed by atoms with Gasteiger partial charge in [-0.25, -0.2) is 4.98 Å². The quantitative estimate of drug-likeness (QED) is 0.917. The van der Waals surface area contributed by atoms with Crippen molar-refractivity contribution in [3.05, 3.63) is 52.1 Å². The lowest BCUT2D eigenvalue weighted by Crippen LogP contribution is -2.40. The molecule has 3 rings (SSSR count). The highest BCUT2D eigenvalue weighted by Gasteiger charge is 2.18. The Hall–Kier alpha value is -1.82. The van der Waals surface area contributed by atoms with Gasteiger partial charge in [-0.2, -0.15) is 0 Å². The number of hydrogen-bond donors (Lipinski definition) is 1. The predicted octanol–water partition coefficient (Wildman–Crippen LogP) is 3.60. The lowest BCUT2D eigenvalue weighted by Gasteiger charge is -2.26. The molecule has 120 valence electrons. The van der Waals surface area contributed by atoms with Gasteiger partial charge < -0.3 is 15.0 Å². The minimum absolute atomic E-state index is 0.0388. The van der Waals surface area contributed by atoms with Crippen LogP contribution in [-0.2, 0) is 4.74 Å². The number of amides is 1. The van der Waals surface area contributed by atoms with E-state index in [0.717, 1.165) is 0 Å². The largest absolute Gasteiger partial charge is 0.378 e. The van der Waals surface area contributed by atoms with E-state index in [1.807, 2.05) is 0 Å². The maximum atomic E-state index is 12.3. The van der Waals surface area contributed by atoms with Gasteiger partial charge in [0.2, 0.25) is 0 Å². The number of morpholine rings is 1. The molecular weight excluding hydrogens is 337 g/mol. The van der Waals surface area contributed by atoms with Gasteiger partial charge >= 0.3 is 0 Å². The monoisotopic (exact) mass is 351 g/mol. The van der Waals surface area contributed by atoms with Crippen molar-refractivity contribution in [3.8, 4) is 0 Å². The van der Waals surface area contributed by atoms with E-state index < -0.39 is 0 Å². The molecule has 0 aliphatic carbocycles. The zero-order valence-electron chi connectivity index (χ0n) is 12.3. The number of benzene rings is 1. The number of carbonyl (C=O) groups is 1. The highest BCUT2D eigenvalue weighted by atomic mass is 35.5. The standard InChI is InChI=1S/C16H15Cl2N3O2/c17-12-2-1-3-13(18)15(12)20-14-5-4-11(10-19-14)16(22)21-6-8-23-9-7-21/h1-5,10H,6-9H2,(H,19,20). The topological polar surface area (TPSA) is 54.5 Å². The summed E-state index contributed by atoms with van der Waals surface area (Å²) in [4.78, 5) is 18.4. The van der Waals surface area contributed by atoms with Gasteiger partial charge in [-0.1, -0.05) is 29.3 Å². The summed E-state index contributed by atoms with van der Waals surface area (Å²) in [6.07, 6.45) is 1.55. The van der Waals surface area contributed by atoms with Crippen LogP contribution in [0.5, 0.6) is 0 Å². The van der Waals surface area contributed by atoms with Crippen LogP contribution in [0.2, 0.25) is 10.0 Å². The van der Waals surface area contributed by atoms with Gasteiger partial charge in [0, 0.05) is 19.3 Å². The summed E-state index contributed by atoms with van der Waals surface area (Å²) in [5, 5.41) is 4.08. The fraction of sp³-hybridized carbons (Fsp3) is 0.250. The van der Waals surface area contributed by atoms with Gasteiger partial charge in [0.1, 0.15) is 5.82 Å². The van der Waals surface area contributed by atoms with Gasteiger partial charge in [-0.3, -0.25) is 4.79 Å². The summed E-state index contributed by atoms with van der Waals surface area (Å²) >= 11 is 12.2. The Balaban J connectivity index is 1.73. The maximum Gasteiger partial charge on any atom is 0.255 e. The number of nitrogens with zero attached hydrogens (tertiary/aromatic N) is 2. The molecule has 5 nitrogen and oxygen atoms in total. The number of para-hydroxylation sites is 1. The Labute approximate surface area is 144 Å². The van der Waals surface area contributed by atoms with Crippen molar-refractivity contribution in [1.82, 2.24) is 9.88 Å². The summed E-state index contributed by atoms with van der Waals surface area (Å²) in [5.74, 6) is 0.529. The minimum atomic E-state index is -0.0388. The second-order valence-corrected chi connectivity index (χ2v) is 5.87. The molecule has 0 bridgehead atoms. The molecule has 1 N–H and O–H groups in total. The van der Waals surface area contributed by atoms with Gasteiger partial charge in [0.25, 0.3) is 5.91 Å². The molecule has 0 radical (unpaired) electrons. The average Bonchev–Trinajstić information content (AvgIpc) is 2.59. The van der Waals surface area contributed by atoms with E-state index >= 15 is 0 Å². The Morgan fingerprint density at radius 3 is 2.43 bits per heavy atom. The summed E-state index contributed by atoms with van der Waals surface area (Å²) in [6, 6.07) is 8.72. The zero-order chi connectivity index (χ0) is 16.2. The predicted molar refractivity (Wildman–Crippen MR) is 90.7 cm³/mol. The van der Waals surface area contributed by atoms with Crippen LogP contribution >= 0.6 is 23.2 Å². The zero-order valence-corrected chi connectivity index (χ0v) is 13.8. The van der Waals surface area contributed by atoms with Gasteiger partial charge in [-0.15, -0.1) is 0 Å². The average molecular weight is 352 g/mol. The fourth-order valence-corrected chi connectivity index (χ4v) is 2.78. The van der Waals surface area contributed by atoms with E-state index in [9.17, 15) is 4.79 Å². The molecule has 0 unspecified atom stereocenters. The Morgan fingerprint density at radius 2 is 1.83 bits per heavy atom. The number of ether oxygens (including phenoxy) is 1. The number of hydrogen-bond acceptors (Lipinski definition) is 4. The molecule has 1 aliphatic rings. The molecule has 23 heavy (non-hydrogen) atoms. The number of rotatable bonds is 3. The van der Waals surface area contributed by atoms with Crippen LogP contribution in [-0.4, -0.2) is 42.1 Å². The van der Waals surface area contributed by atoms with E-state index in [1.165, 1.54) is 0 Å². The SMILES string of the molecule is O=C(c1ccc(Nc2c(Cl)cccc2Cl)nc1)N1CCOCC1. The summed E-state index contributed by atoms with van der Waals surface area (Å²) in [7, 11) is 0. The molecule has 1 amide bonds. The van der Waals surface area contributed by atoms with Crippen molar-refractivity contribution in [1.29, 1.82) is 0 Å². The first-order valence-electron chi connectivity index (χ1n) is 7.19. The summed E-state index contributed by atoms with van der Waals surface area (Å²) in [5.41, 5.74) is 1.14. The van der Waals surface area contributed by atoms with Crippen LogP contribution in [0.1, 0.15) is 10.4 Å². The van der Waals surface area contributed by atoms with Gasteiger partial charge in [-0.05, 0) is 24.3 Å². The van der Waals surface area contributed by atoms with Crippen LogP contribution < -0.4 is 5.32 Å².